The van der Waals surface area contributed by atoms with E-state index in [9.17, 15) is 14.4 Å². The van der Waals surface area contributed by atoms with Gasteiger partial charge in [0.2, 0.25) is 0 Å². The van der Waals surface area contributed by atoms with Crippen LogP contribution in [0, 0.1) is 5.92 Å². The fraction of sp³-hybridized carbons (Fsp3) is 0.483. The summed E-state index contributed by atoms with van der Waals surface area (Å²) in [6.45, 7) is 8.25. The Bertz CT molecular complexity index is 1150. The van der Waals surface area contributed by atoms with Crippen LogP contribution < -0.4 is 14.5 Å². The molecule has 38 heavy (non-hydrogen) atoms. The number of nitrogens with zero attached hydrogens (tertiary/aromatic N) is 3. The number of piperidine rings is 1. The van der Waals surface area contributed by atoms with Gasteiger partial charge in [0.05, 0.1) is 19.6 Å². The Morgan fingerprint density at radius 1 is 1.00 bits per heavy atom. The zero-order chi connectivity index (χ0) is 28.0. The monoisotopic (exact) mass is 525 g/mol. The van der Waals surface area contributed by atoms with E-state index < -0.39 is 17.6 Å². The first-order valence-corrected chi connectivity index (χ1v) is 12.8. The third-order valence-corrected chi connectivity index (χ3v) is 6.55. The Kier molecular flexibility index (Phi) is 9.25. The lowest BCUT2D eigenvalue weighted by Gasteiger charge is -2.38. The van der Waals surface area contributed by atoms with Crippen molar-refractivity contribution in [3.8, 4) is 5.75 Å². The third kappa shape index (κ3) is 6.96. The summed E-state index contributed by atoms with van der Waals surface area (Å²) in [7, 11) is 4.99. The standard InChI is InChI=1S/C29H39N3O6/c1-8-37-26(33)24-15-16-32(28(35)38-29(2,3)4)19-25(24)20-11-9-12-21(17-20)30(5)27(34)31(6)22-13-10-14-23(18-22)36-7/h9-14,17-18,24-25H,8,15-16,19H2,1-7H3. The Balaban J connectivity index is 1.87. The lowest BCUT2D eigenvalue weighted by molar-refractivity contribution is -0.150. The number of anilines is 2. The Morgan fingerprint density at radius 2 is 1.63 bits per heavy atom. The predicted octanol–water partition coefficient (Wildman–Crippen LogP) is 5.29. The van der Waals surface area contributed by atoms with Gasteiger partial charge in [-0.25, -0.2) is 9.59 Å². The lowest BCUT2D eigenvalue weighted by atomic mass is 9.80. The van der Waals surface area contributed by atoms with Crippen molar-refractivity contribution in [2.45, 2.75) is 45.6 Å². The average molecular weight is 526 g/mol. The van der Waals surface area contributed by atoms with Crippen molar-refractivity contribution in [3.05, 3.63) is 54.1 Å². The van der Waals surface area contributed by atoms with Crippen molar-refractivity contribution in [1.82, 2.24) is 4.90 Å². The van der Waals surface area contributed by atoms with Gasteiger partial charge in [0.15, 0.2) is 0 Å². The first-order chi connectivity index (χ1) is 17.9. The maximum Gasteiger partial charge on any atom is 0.410 e. The summed E-state index contributed by atoms with van der Waals surface area (Å²) >= 11 is 0. The maximum atomic E-state index is 13.3. The molecule has 9 heteroatoms. The van der Waals surface area contributed by atoms with Crippen LogP contribution in [0.3, 0.4) is 0 Å². The van der Waals surface area contributed by atoms with Crippen LogP contribution in [0.25, 0.3) is 0 Å². The second kappa shape index (κ2) is 12.2. The topological polar surface area (TPSA) is 88.6 Å². The molecule has 2 aromatic carbocycles. The molecule has 0 aromatic heterocycles. The number of benzene rings is 2. The lowest BCUT2D eigenvalue weighted by Crippen LogP contribution is -2.47. The summed E-state index contributed by atoms with van der Waals surface area (Å²) < 4.78 is 16.2. The summed E-state index contributed by atoms with van der Waals surface area (Å²) in [6, 6.07) is 14.5. The number of likely N-dealkylation sites (tertiary alicyclic amines) is 1. The minimum atomic E-state index is -0.623. The van der Waals surface area contributed by atoms with Gasteiger partial charge >= 0.3 is 18.1 Å². The number of ether oxygens (including phenoxy) is 3. The van der Waals surface area contributed by atoms with Gasteiger partial charge in [-0.2, -0.15) is 0 Å². The van der Waals surface area contributed by atoms with Gasteiger partial charge in [0, 0.05) is 50.5 Å². The van der Waals surface area contributed by atoms with E-state index in [-0.39, 0.29) is 24.5 Å². The maximum absolute atomic E-state index is 13.3. The number of urea groups is 1. The summed E-state index contributed by atoms with van der Waals surface area (Å²) in [4.78, 5) is 43.8. The van der Waals surface area contributed by atoms with E-state index in [1.165, 1.54) is 0 Å². The second-order valence-electron chi connectivity index (χ2n) is 10.4. The molecule has 1 aliphatic rings. The van der Waals surface area contributed by atoms with Gasteiger partial charge in [0.25, 0.3) is 0 Å². The summed E-state index contributed by atoms with van der Waals surface area (Å²) in [5.74, 6) is -0.350. The summed E-state index contributed by atoms with van der Waals surface area (Å²) in [6.07, 6.45) is 0.0496. The van der Waals surface area contributed by atoms with Crippen LogP contribution in [-0.4, -0.2) is 69.5 Å². The minimum absolute atomic E-state index is 0.239. The molecule has 1 aliphatic heterocycles. The van der Waals surface area contributed by atoms with Crippen LogP contribution in [-0.2, 0) is 14.3 Å². The van der Waals surface area contributed by atoms with Crippen LogP contribution in [0.4, 0.5) is 21.0 Å². The molecule has 9 nitrogen and oxygen atoms in total. The molecule has 0 bridgehead atoms. The molecular weight excluding hydrogens is 486 g/mol. The van der Waals surface area contributed by atoms with Gasteiger partial charge < -0.3 is 19.1 Å². The number of hydrogen-bond donors (Lipinski definition) is 0. The molecule has 0 aliphatic carbocycles. The smallest absolute Gasteiger partial charge is 0.410 e. The first kappa shape index (κ1) is 28.8. The molecule has 2 unspecified atom stereocenters. The highest BCUT2D eigenvalue weighted by Gasteiger charge is 2.39. The van der Waals surface area contributed by atoms with Gasteiger partial charge in [-0.3, -0.25) is 14.6 Å². The van der Waals surface area contributed by atoms with Crippen molar-refractivity contribution in [1.29, 1.82) is 0 Å². The molecule has 0 radical (unpaired) electrons. The number of carbonyl (C=O) groups is 3. The number of carbonyl (C=O) groups excluding carboxylic acids is 3. The molecule has 1 heterocycles. The van der Waals surface area contributed by atoms with Crippen LogP contribution in [0.5, 0.6) is 5.75 Å². The zero-order valence-corrected chi connectivity index (χ0v) is 23.4. The van der Waals surface area contributed by atoms with Gasteiger partial charge in [0.1, 0.15) is 11.4 Å². The van der Waals surface area contributed by atoms with E-state index >= 15 is 0 Å². The van der Waals surface area contributed by atoms with Crippen LogP contribution in [0.15, 0.2) is 48.5 Å². The number of methoxy groups -OCH3 is 1. The quantitative estimate of drug-likeness (QED) is 0.476. The van der Waals surface area contributed by atoms with E-state index in [4.69, 9.17) is 14.2 Å². The van der Waals surface area contributed by atoms with E-state index in [0.717, 1.165) is 5.56 Å². The van der Waals surface area contributed by atoms with Crippen molar-refractivity contribution >= 4 is 29.5 Å². The number of rotatable bonds is 6. The average Bonchev–Trinajstić information content (AvgIpc) is 2.90. The van der Waals surface area contributed by atoms with Crippen molar-refractivity contribution in [3.63, 3.8) is 0 Å². The first-order valence-electron chi connectivity index (χ1n) is 12.8. The molecule has 1 fully saturated rings. The van der Waals surface area contributed by atoms with E-state index in [2.05, 4.69) is 0 Å². The van der Waals surface area contributed by atoms with Gasteiger partial charge in [-0.1, -0.05) is 18.2 Å². The normalized spacial score (nSPS) is 17.4. The van der Waals surface area contributed by atoms with E-state index in [0.29, 0.717) is 36.6 Å². The fourth-order valence-corrected chi connectivity index (χ4v) is 4.54. The highest BCUT2D eigenvalue weighted by molar-refractivity contribution is 6.03. The van der Waals surface area contributed by atoms with Crippen LogP contribution in [0.1, 0.15) is 45.6 Å². The molecule has 0 N–H and O–H groups in total. The van der Waals surface area contributed by atoms with E-state index in [1.54, 1.807) is 48.9 Å². The minimum Gasteiger partial charge on any atom is -0.497 e. The predicted molar refractivity (Wildman–Crippen MR) is 147 cm³/mol. The molecule has 0 saturated carbocycles. The molecular formula is C29H39N3O6. The van der Waals surface area contributed by atoms with Gasteiger partial charge in [-0.05, 0) is 63.9 Å². The van der Waals surface area contributed by atoms with Crippen LogP contribution >= 0.6 is 0 Å². The second-order valence-corrected chi connectivity index (χ2v) is 10.4. The van der Waals surface area contributed by atoms with Crippen molar-refractivity contribution in [2.24, 2.45) is 5.92 Å². The zero-order valence-electron chi connectivity index (χ0n) is 23.4. The summed E-state index contributed by atoms with van der Waals surface area (Å²) in [5.41, 5.74) is 1.58. The molecule has 2 atom stereocenters. The van der Waals surface area contributed by atoms with E-state index in [1.807, 2.05) is 63.2 Å². The SMILES string of the molecule is CCOC(=O)C1CCN(C(=O)OC(C)(C)C)CC1c1cccc(N(C)C(=O)N(C)c2cccc(OC)c2)c1. The Labute approximate surface area is 225 Å². The largest absolute Gasteiger partial charge is 0.497 e. The molecule has 1 saturated heterocycles. The third-order valence-electron chi connectivity index (χ3n) is 6.55. The Morgan fingerprint density at radius 3 is 2.24 bits per heavy atom. The Hall–Kier alpha value is -3.75. The van der Waals surface area contributed by atoms with Crippen LogP contribution in [0.2, 0.25) is 0 Å². The summed E-state index contributed by atoms with van der Waals surface area (Å²) in [5, 5.41) is 0. The molecule has 206 valence electrons. The fourth-order valence-electron chi connectivity index (χ4n) is 4.54. The molecule has 3 amide bonds. The van der Waals surface area contributed by atoms with Crippen molar-refractivity contribution in [2.75, 3.05) is 50.7 Å². The molecule has 2 aromatic rings. The van der Waals surface area contributed by atoms with Crippen molar-refractivity contribution < 1.29 is 28.6 Å². The van der Waals surface area contributed by atoms with Gasteiger partial charge in [-0.15, -0.1) is 0 Å². The highest BCUT2D eigenvalue weighted by Crippen LogP contribution is 2.36. The highest BCUT2D eigenvalue weighted by atomic mass is 16.6. The molecule has 0 spiro atoms. The number of amides is 3. The number of esters is 1. The number of hydrogen-bond acceptors (Lipinski definition) is 6. The molecule has 3 rings (SSSR count).